The third kappa shape index (κ3) is 4.99. The minimum absolute atomic E-state index is 0.0116. The second kappa shape index (κ2) is 10.3. The molecule has 0 radical (unpaired) electrons. The van der Waals surface area contributed by atoms with Gasteiger partial charge in [-0.05, 0) is 50.6 Å². The van der Waals surface area contributed by atoms with Crippen LogP contribution < -0.4 is 4.90 Å². The Balaban J connectivity index is 1.27. The summed E-state index contributed by atoms with van der Waals surface area (Å²) in [6.07, 6.45) is 1.98. The lowest BCUT2D eigenvalue weighted by Crippen LogP contribution is -2.41. The van der Waals surface area contributed by atoms with Gasteiger partial charge >= 0.3 is 5.97 Å². The van der Waals surface area contributed by atoms with Gasteiger partial charge in [0.15, 0.2) is 0 Å². The second-order valence-corrected chi connectivity index (χ2v) is 8.78. The number of piperidine rings is 1. The normalized spacial score (nSPS) is 18.6. The van der Waals surface area contributed by atoms with Gasteiger partial charge in [-0.1, -0.05) is 36.0 Å². The van der Waals surface area contributed by atoms with Gasteiger partial charge in [-0.2, -0.15) is 0 Å². The number of likely N-dealkylation sites (tertiary alicyclic amines) is 1. The number of esters is 1. The highest BCUT2D eigenvalue weighted by Crippen LogP contribution is 2.47. The first kappa shape index (κ1) is 21.2. The zero-order valence-corrected chi connectivity index (χ0v) is 18.4. The molecule has 0 N–H and O–H groups in total. The van der Waals surface area contributed by atoms with Gasteiger partial charge in [-0.15, -0.1) is 0 Å². The largest absolute Gasteiger partial charge is 0.466 e. The molecule has 0 aliphatic carbocycles. The summed E-state index contributed by atoms with van der Waals surface area (Å²) in [5, 5.41) is 0. The number of para-hydroxylation sites is 2. The number of fused-ring (bicyclic) bond motifs is 2. The summed E-state index contributed by atoms with van der Waals surface area (Å²) in [6, 6.07) is 17.1. The molecule has 2 aliphatic rings. The predicted molar refractivity (Wildman–Crippen MR) is 121 cm³/mol. The molecule has 30 heavy (non-hydrogen) atoms. The number of benzene rings is 2. The maximum atomic E-state index is 12.0. The van der Waals surface area contributed by atoms with Gasteiger partial charge in [-0.25, -0.2) is 0 Å². The van der Waals surface area contributed by atoms with Crippen LogP contribution in [0, 0.1) is 5.92 Å². The Morgan fingerprint density at radius 1 is 1.03 bits per heavy atom. The molecular weight excluding hydrogens is 396 g/mol. The average molecular weight is 427 g/mol. The van der Waals surface area contributed by atoms with Crippen molar-refractivity contribution in [2.75, 3.05) is 50.9 Å². The quantitative estimate of drug-likeness (QED) is 0.455. The Morgan fingerprint density at radius 3 is 2.40 bits per heavy atom. The van der Waals surface area contributed by atoms with Crippen molar-refractivity contribution >= 4 is 29.1 Å². The Bertz CT molecular complexity index is 814. The molecule has 1 unspecified atom stereocenters. The van der Waals surface area contributed by atoms with E-state index in [4.69, 9.17) is 9.47 Å². The van der Waals surface area contributed by atoms with Crippen LogP contribution in [0.4, 0.5) is 11.4 Å². The predicted octanol–water partition coefficient (Wildman–Crippen LogP) is 4.58. The Kier molecular flexibility index (Phi) is 7.31. The number of hydrogen-bond donors (Lipinski definition) is 0. The van der Waals surface area contributed by atoms with Crippen LogP contribution in [0.3, 0.4) is 0 Å². The van der Waals surface area contributed by atoms with E-state index in [2.05, 4.69) is 58.3 Å². The number of carbonyl (C=O) groups excluding carboxylic acids is 1. The van der Waals surface area contributed by atoms with Crippen LogP contribution in [0.25, 0.3) is 0 Å². The first-order valence-corrected chi connectivity index (χ1v) is 11.7. The molecular formula is C24H30N2O3S. The van der Waals surface area contributed by atoms with E-state index in [1.54, 1.807) is 0 Å². The monoisotopic (exact) mass is 426 g/mol. The highest BCUT2D eigenvalue weighted by Gasteiger charge is 2.26. The van der Waals surface area contributed by atoms with Gasteiger partial charge < -0.3 is 19.3 Å². The van der Waals surface area contributed by atoms with E-state index in [1.165, 1.54) is 21.2 Å². The molecule has 1 saturated heterocycles. The number of nitrogens with zero attached hydrogens (tertiary/aromatic N) is 2. The summed E-state index contributed by atoms with van der Waals surface area (Å²) >= 11 is 1.83. The Labute approximate surface area is 183 Å². The molecule has 0 amide bonds. The zero-order valence-electron chi connectivity index (χ0n) is 17.6. The van der Waals surface area contributed by atoms with Crippen molar-refractivity contribution in [2.24, 2.45) is 5.92 Å². The lowest BCUT2D eigenvalue weighted by Gasteiger charge is -2.33. The molecule has 5 nitrogen and oxygen atoms in total. The van der Waals surface area contributed by atoms with E-state index in [0.717, 1.165) is 39.0 Å². The Hall–Kier alpha value is -2.02. The van der Waals surface area contributed by atoms with Crippen LogP contribution in [-0.2, 0) is 14.3 Å². The van der Waals surface area contributed by atoms with Crippen molar-refractivity contribution in [3.8, 4) is 0 Å². The fourth-order valence-corrected chi connectivity index (χ4v) is 5.28. The highest BCUT2D eigenvalue weighted by molar-refractivity contribution is 7.99. The summed E-state index contributed by atoms with van der Waals surface area (Å²) in [4.78, 5) is 19.3. The van der Waals surface area contributed by atoms with Crippen molar-refractivity contribution in [2.45, 2.75) is 29.6 Å². The molecule has 2 aromatic rings. The third-order valence-electron chi connectivity index (χ3n) is 5.67. The maximum absolute atomic E-state index is 12.0. The van der Waals surface area contributed by atoms with Crippen LogP contribution in [0.1, 0.15) is 19.8 Å². The van der Waals surface area contributed by atoms with E-state index in [9.17, 15) is 4.79 Å². The summed E-state index contributed by atoms with van der Waals surface area (Å²) in [7, 11) is 0. The molecule has 0 spiro atoms. The molecule has 6 heteroatoms. The minimum Gasteiger partial charge on any atom is -0.466 e. The zero-order chi connectivity index (χ0) is 20.8. The molecule has 2 aromatic carbocycles. The maximum Gasteiger partial charge on any atom is 0.310 e. The van der Waals surface area contributed by atoms with Crippen molar-refractivity contribution in [3.05, 3.63) is 48.5 Å². The minimum atomic E-state index is -0.0524. The van der Waals surface area contributed by atoms with Crippen LogP contribution >= 0.6 is 11.8 Å². The molecule has 0 saturated carbocycles. The van der Waals surface area contributed by atoms with Crippen LogP contribution in [-0.4, -0.2) is 56.9 Å². The topological polar surface area (TPSA) is 42.0 Å². The van der Waals surface area contributed by atoms with Crippen LogP contribution in [0.5, 0.6) is 0 Å². The first-order chi connectivity index (χ1) is 14.8. The number of hydrogen-bond acceptors (Lipinski definition) is 6. The van der Waals surface area contributed by atoms with Crippen molar-refractivity contribution < 1.29 is 14.3 Å². The summed E-state index contributed by atoms with van der Waals surface area (Å²) in [6.45, 7) is 7.17. The van der Waals surface area contributed by atoms with Gasteiger partial charge in [-0.3, -0.25) is 4.79 Å². The highest BCUT2D eigenvalue weighted by atomic mass is 32.2. The van der Waals surface area contributed by atoms with Gasteiger partial charge in [0.25, 0.3) is 0 Å². The fraction of sp³-hybridized carbons (Fsp3) is 0.458. The van der Waals surface area contributed by atoms with Gasteiger partial charge in [0.1, 0.15) is 0 Å². The number of anilines is 2. The third-order valence-corrected chi connectivity index (χ3v) is 6.80. The lowest BCUT2D eigenvalue weighted by atomic mass is 9.98. The van der Waals surface area contributed by atoms with E-state index < -0.39 is 0 Å². The van der Waals surface area contributed by atoms with Crippen LogP contribution in [0.2, 0.25) is 0 Å². The Morgan fingerprint density at radius 2 is 1.70 bits per heavy atom. The van der Waals surface area contributed by atoms with E-state index in [1.807, 2.05) is 18.7 Å². The molecule has 0 bridgehead atoms. The van der Waals surface area contributed by atoms with Crippen molar-refractivity contribution in [1.29, 1.82) is 0 Å². The number of ether oxygens (including phenoxy) is 2. The molecule has 1 fully saturated rings. The summed E-state index contributed by atoms with van der Waals surface area (Å²) in [5.41, 5.74) is 2.50. The lowest BCUT2D eigenvalue weighted by molar-refractivity contribution is -0.150. The average Bonchev–Trinajstić information content (AvgIpc) is 2.78. The number of rotatable bonds is 8. The standard InChI is InChI=1S/C24H30N2O3S/c1-2-29-24(27)19-8-7-13-25(18-19)14-16-28-17-15-26-20-9-3-5-11-22(20)30-23-12-6-4-10-21(23)26/h3-6,9-12,19H,2,7-8,13-18H2,1H3. The summed E-state index contributed by atoms with van der Waals surface area (Å²) in [5.74, 6) is -0.0408. The van der Waals surface area contributed by atoms with E-state index in [-0.39, 0.29) is 11.9 Å². The molecule has 2 aliphatic heterocycles. The van der Waals surface area contributed by atoms with Gasteiger partial charge in [0.05, 0.1) is 37.1 Å². The number of carbonyl (C=O) groups is 1. The fourth-order valence-electron chi connectivity index (χ4n) is 4.18. The van der Waals surface area contributed by atoms with Crippen molar-refractivity contribution in [1.82, 2.24) is 4.90 Å². The smallest absolute Gasteiger partial charge is 0.310 e. The second-order valence-electron chi connectivity index (χ2n) is 7.69. The van der Waals surface area contributed by atoms with Gasteiger partial charge in [0.2, 0.25) is 0 Å². The van der Waals surface area contributed by atoms with Gasteiger partial charge in [0, 0.05) is 29.4 Å². The molecule has 1 atom stereocenters. The van der Waals surface area contributed by atoms with E-state index >= 15 is 0 Å². The van der Waals surface area contributed by atoms with Crippen LogP contribution in [0.15, 0.2) is 58.3 Å². The van der Waals surface area contributed by atoms with E-state index in [0.29, 0.717) is 19.8 Å². The summed E-state index contributed by atoms with van der Waals surface area (Å²) < 4.78 is 11.2. The molecule has 0 aromatic heterocycles. The SMILES string of the molecule is CCOC(=O)C1CCCN(CCOCCN2c3ccccc3Sc3ccccc32)C1. The first-order valence-electron chi connectivity index (χ1n) is 10.9. The molecule has 160 valence electrons. The van der Waals surface area contributed by atoms with Crippen molar-refractivity contribution in [3.63, 3.8) is 0 Å². The molecule has 2 heterocycles. The molecule has 4 rings (SSSR count).